The van der Waals surface area contributed by atoms with E-state index in [0.717, 1.165) is 38.7 Å². The first-order valence-electron chi connectivity index (χ1n) is 18.8. The molecule has 0 aliphatic heterocycles. The van der Waals surface area contributed by atoms with Gasteiger partial charge in [0.1, 0.15) is 5.58 Å². The van der Waals surface area contributed by atoms with Crippen molar-refractivity contribution < 1.29 is 4.42 Å². The second-order valence-electron chi connectivity index (χ2n) is 15.3. The van der Waals surface area contributed by atoms with Crippen molar-refractivity contribution in [3.8, 4) is 33.6 Å². The van der Waals surface area contributed by atoms with E-state index in [1.165, 1.54) is 71.6 Å². The van der Waals surface area contributed by atoms with Crippen LogP contribution in [0.1, 0.15) is 25.0 Å². The highest BCUT2D eigenvalue weighted by Crippen LogP contribution is 2.53. The summed E-state index contributed by atoms with van der Waals surface area (Å²) in [5.41, 5.74) is 16.6. The molecule has 54 heavy (non-hydrogen) atoms. The van der Waals surface area contributed by atoms with Crippen molar-refractivity contribution in [1.82, 2.24) is 9.13 Å². The lowest BCUT2D eigenvalue weighted by Gasteiger charge is -2.21. The van der Waals surface area contributed by atoms with Gasteiger partial charge in [-0.05, 0) is 100 Å². The monoisotopic (exact) mass is 690 g/mol. The van der Waals surface area contributed by atoms with Gasteiger partial charge in [-0.25, -0.2) is 0 Å². The molecule has 3 aromatic heterocycles. The Morgan fingerprint density at radius 1 is 0.444 bits per heavy atom. The number of para-hydroxylation sites is 3. The summed E-state index contributed by atoms with van der Waals surface area (Å²) in [4.78, 5) is 0. The fraction of sp³-hybridized carbons (Fsp3) is 0.0588. The van der Waals surface area contributed by atoms with E-state index >= 15 is 0 Å². The molecular weight excluding hydrogens is 657 g/mol. The van der Waals surface area contributed by atoms with Crippen LogP contribution in [0.3, 0.4) is 0 Å². The zero-order chi connectivity index (χ0) is 35.7. The predicted octanol–water partition coefficient (Wildman–Crippen LogP) is 13.8. The van der Waals surface area contributed by atoms with Crippen molar-refractivity contribution in [2.45, 2.75) is 19.3 Å². The highest BCUT2D eigenvalue weighted by molar-refractivity contribution is 6.22. The van der Waals surface area contributed by atoms with E-state index in [9.17, 15) is 0 Å². The van der Waals surface area contributed by atoms with E-state index in [1.807, 2.05) is 6.07 Å². The van der Waals surface area contributed by atoms with E-state index in [-0.39, 0.29) is 5.41 Å². The number of benzene rings is 8. The summed E-state index contributed by atoms with van der Waals surface area (Å²) in [5.74, 6) is 0. The Labute approximate surface area is 311 Å². The van der Waals surface area contributed by atoms with Gasteiger partial charge in [-0.3, -0.25) is 0 Å². The smallest absolute Gasteiger partial charge is 0.160 e. The van der Waals surface area contributed by atoms with Crippen molar-refractivity contribution >= 4 is 65.6 Å². The Morgan fingerprint density at radius 2 is 1.06 bits per heavy atom. The highest BCUT2D eigenvalue weighted by Gasteiger charge is 2.37. The molecule has 12 rings (SSSR count). The summed E-state index contributed by atoms with van der Waals surface area (Å²) >= 11 is 0. The van der Waals surface area contributed by atoms with Crippen LogP contribution in [-0.4, -0.2) is 9.13 Å². The third kappa shape index (κ3) is 3.85. The molecule has 3 heterocycles. The Balaban J connectivity index is 1.15. The second-order valence-corrected chi connectivity index (χ2v) is 15.3. The van der Waals surface area contributed by atoms with Crippen LogP contribution >= 0.6 is 0 Å². The van der Waals surface area contributed by atoms with Gasteiger partial charge in [0.05, 0.1) is 22.1 Å². The van der Waals surface area contributed by atoms with E-state index in [2.05, 4.69) is 187 Å². The van der Waals surface area contributed by atoms with Crippen LogP contribution in [0.5, 0.6) is 0 Å². The van der Waals surface area contributed by atoms with Crippen LogP contribution in [0.25, 0.3) is 99.2 Å². The molecule has 0 fully saturated rings. The maximum absolute atomic E-state index is 6.65. The van der Waals surface area contributed by atoms with Crippen LogP contribution in [-0.2, 0) is 5.41 Å². The van der Waals surface area contributed by atoms with Crippen molar-refractivity contribution in [2.75, 3.05) is 0 Å². The topological polar surface area (TPSA) is 23.0 Å². The van der Waals surface area contributed by atoms with Crippen LogP contribution in [0, 0.1) is 0 Å². The molecule has 0 saturated heterocycles. The lowest BCUT2D eigenvalue weighted by atomic mass is 9.82. The summed E-state index contributed by atoms with van der Waals surface area (Å²) in [6.07, 6.45) is 0. The lowest BCUT2D eigenvalue weighted by molar-refractivity contribution is 0.661. The quantitative estimate of drug-likeness (QED) is 0.181. The number of rotatable bonds is 3. The van der Waals surface area contributed by atoms with Crippen molar-refractivity contribution in [1.29, 1.82) is 0 Å². The third-order valence-electron chi connectivity index (χ3n) is 12.1. The summed E-state index contributed by atoms with van der Waals surface area (Å²) < 4.78 is 11.5. The minimum atomic E-state index is -0.0812. The fourth-order valence-corrected chi connectivity index (χ4v) is 9.64. The molecule has 0 radical (unpaired) electrons. The van der Waals surface area contributed by atoms with Gasteiger partial charge in [0.2, 0.25) is 0 Å². The zero-order valence-electron chi connectivity index (χ0n) is 30.0. The van der Waals surface area contributed by atoms with Crippen LogP contribution in [0.2, 0.25) is 0 Å². The van der Waals surface area contributed by atoms with E-state index in [4.69, 9.17) is 4.42 Å². The van der Waals surface area contributed by atoms with Crippen LogP contribution in [0.4, 0.5) is 0 Å². The van der Waals surface area contributed by atoms with Gasteiger partial charge < -0.3 is 13.6 Å². The second kappa shape index (κ2) is 10.6. The molecule has 1 aliphatic rings. The van der Waals surface area contributed by atoms with Crippen molar-refractivity contribution in [2.24, 2.45) is 0 Å². The number of hydrogen-bond donors (Lipinski definition) is 0. The Morgan fingerprint density at radius 3 is 1.83 bits per heavy atom. The Bertz CT molecular complexity index is 3340. The zero-order valence-corrected chi connectivity index (χ0v) is 30.0. The molecule has 0 atom stereocenters. The van der Waals surface area contributed by atoms with E-state index in [1.54, 1.807) is 0 Å². The first-order valence-corrected chi connectivity index (χ1v) is 18.8. The lowest BCUT2D eigenvalue weighted by Crippen LogP contribution is -2.14. The van der Waals surface area contributed by atoms with Gasteiger partial charge in [0.25, 0.3) is 0 Å². The summed E-state index contributed by atoms with van der Waals surface area (Å²) in [5, 5.41) is 7.25. The first kappa shape index (κ1) is 29.7. The predicted molar refractivity (Wildman–Crippen MR) is 225 cm³/mol. The molecule has 254 valence electrons. The van der Waals surface area contributed by atoms with Gasteiger partial charge in [0.15, 0.2) is 5.58 Å². The molecule has 8 aromatic carbocycles. The van der Waals surface area contributed by atoms with Crippen LogP contribution in [0.15, 0.2) is 174 Å². The minimum Gasteiger partial charge on any atom is -0.454 e. The molecule has 0 amide bonds. The van der Waals surface area contributed by atoms with Gasteiger partial charge in [-0.15, -0.1) is 0 Å². The molecule has 0 N–H and O–H groups in total. The fourth-order valence-electron chi connectivity index (χ4n) is 9.64. The molecule has 0 bridgehead atoms. The van der Waals surface area contributed by atoms with Gasteiger partial charge in [0, 0.05) is 49.1 Å². The average molecular weight is 691 g/mol. The van der Waals surface area contributed by atoms with Gasteiger partial charge >= 0.3 is 0 Å². The van der Waals surface area contributed by atoms with Gasteiger partial charge in [-0.2, -0.15) is 0 Å². The standard InChI is InChI=1S/C51H34N2O/c1-51(2)41-19-11-9-18-38(41)47-42(51)25-28-45-48(47)40-30-32(22-27-44(40)52(45)33-13-5-3-6-14-33)31-21-26-43-39(29-31)36-23-24-37-35-17-10-12-20-46(35)54-50(37)49(36)53(43)34-15-7-4-8-16-34/h3-30H,1-2H3. The number of furan rings is 1. The summed E-state index contributed by atoms with van der Waals surface area (Å²) in [6.45, 7) is 4.73. The molecule has 0 saturated carbocycles. The molecule has 0 spiro atoms. The number of hydrogen-bond acceptors (Lipinski definition) is 1. The summed E-state index contributed by atoms with van der Waals surface area (Å²) in [6, 6.07) is 62.0. The Kier molecular flexibility index (Phi) is 5.84. The molecule has 0 unspecified atom stereocenters. The number of nitrogens with zero attached hydrogens (tertiary/aromatic N) is 2. The summed E-state index contributed by atoms with van der Waals surface area (Å²) in [7, 11) is 0. The Hall–Kier alpha value is -6.84. The van der Waals surface area contributed by atoms with Crippen molar-refractivity contribution in [3.05, 3.63) is 181 Å². The first-order chi connectivity index (χ1) is 26.6. The molecule has 11 aromatic rings. The maximum atomic E-state index is 6.65. The van der Waals surface area contributed by atoms with Gasteiger partial charge in [-0.1, -0.05) is 117 Å². The largest absolute Gasteiger partial charge is 0.454 e. The minimum absolute atomic E-state index is 0.0812. The molecule has 1 aliphatic carbocycles. The number of fused-ring (bicyclic) bond motifs is 14. The van der Waals surface area contributed by atoms with E-state index in [0.29, 0.717) is 0 Å². The van der Waals surface area contributed by atoms with E-state index < -0.39 is 0 Å². The van der Waals surface area contributed by atoms with Crippen molar-refractivity contribution in [3.63, 3.8) is 0 Å². The molecule has 3 heteroatoms. The normalized spacial score (nSPS) is 13.5. The average Bonchev–Trinajstić information content (AvgIpc) is 3.93. The third-order valence-corrected chi connectivity index (χ3v) is 12.1. The number of aromatic nitrogens is 2. The van der Waals surface area contributed by atoms with Crippen LogP contribution < -0.4 is 0 Å². The highest BCUT2D eigenvalue weighted by atomic mass is 16.3. The maximum Gasteiger partial charge on any atom is 0.160 e. The molecular formula is C51H34N2O. The SMILES string of the molecule is CC1(C)c2ccccc2-c2c1ccc1c2c2cc(-c3ccc4c(c3)c3ccc5c6ccccc6oc5c3n4-c3ccccc3)ccc2n1-c1ccccc1. The molecule has 3 nitrogen and oxygen atoms in total.